The number of hydrogen-bond acceptors (Lipinski definition) is 2. The van der Waals surface area contributed by atoms with Crippen molar-refractivity contribution in [2.24, 2.45) is 7.05 Å². The second-order valence-electron chi connectivity index (χ2n) is 3.62. The molecule has 0 amide bonds. The number of aryl methyl sites for hydroxylation is 1. The maximum Gasteiger partial charge on any atom is 0.114 e. The van der Waals surface area contributed by atoms with Gasteiger partial charge in [-0.1, -0.05) is 13.8 Å². The van der Waals surface area contributed by atoms with Crippen LogP contribution >= 0.6 is 0 Å². The number of rotatable bonds is 1. The minimum Gasteiger partial charge on any atom is -0.349 e. The Hall–Kier alpha value is -1.38. The van der Waals surface area contributed by atoms with Crippen LogP contribution in [0.25, 0.3) is 11.0 Å². The molecule has 2 aromatic rings. The fraction of sp³-hybridized carbons (Fsp3) is 0.400. The Morgan fingerprint density at radius 3 is 2.85 bits per heavy atom. The molecule has 0 atom stereocenters. The normalized spacial score (nSPS) is 11.4. The predicted octanol–water partition coefficient (Wildman–Crippen LogP) is 2.09. The van der Waals surface area contributed by atoms with E-state index in [9.17, 15) is 0 Å². The Kier molecular flexibility index (Phi) is 1.79. The van der Waals surface area contributed by atoms with E-state index in [-0.39, 0.29) is 0 Å². The Balaban J connectivity index is 2.78. The lowest BCUT2D eigenvalue weighted by atomic mass is 10.1. The smallest absolute Gasteiger partial charge is 0.114 e. The topological polar surface area (TPSA) is 30.7 Å². The van der Waals surface area contributed by atoms with Gasteiger partial charge in [0.2, 0.25) is 0 Å². The summed E-state index contributed by atoms with van der Waals surface area (Å²) in [5.74, 6) is 0.500. The van der Waals surface area contributed by atoms with Crippen LogP contribution in [0, 0.1) is 0 Å². The first-order valence-electron chi connectivity index (χ1n) is 4.46. The van der Waals surface area contributed by atoms with Gasteiger partial charge in [0.15, 0.2) is 0 Å². The van der Waals surface area contributed by atoms with Crippen molar-refractivity contribution in [1.82, 2.24) is 14.8 Å². The molecule has 0 radical (unpaired) electrons. The summed E-state index contributed by atoms with van der Waals surface area (Å²) >= 11 is 0. The molecule has 0 saturated heterocycles. The van der Waals surface area contributed by atoms with Crippen molar-refractivity contribution in [1.29, 1.82) is 0 Å². The molecular weight excluding hydrogens is 162 g/mol. The molecule has 0 aliphatic carbocycles. The largest absolute Gasteiger partial charge is 0.349 e. The Morgan fingerprint density at radius 1 is 1.38 bits per heavy atom. The molecule has 2 aromatic heterocycles. The van der Waals surface area contributed by atoms with Crippen LogP contribution < -0.4 is 0 Å². The highest BCUT2D eigenvalue weighted by atomic mass is 15.1. The molecule has 3 nitrogen and oxygen atoms in total. The summed E-state index contributed by atoms with van der Waals surface area (Å²) in [5.41, 5.74) is 3.45. The maximum absolute atomic E-state index is 4.15. The van der Waals surface area contributed by atoms with Crippen LogP contribution in [0.5, 0.6) is 0 Å². The summed E-state index contributed by atoms with van der Waals surface area (Å²) in [6, 6.07) is 1.99. The quantitative estimate of drug-likeness (QED) is 0.664. The first-order chi connectivity index (χ1) is 6.20. The molecule has 0 fully saturated rings. The van der Waals surface area contributed by atoms with Crippen molar-refractivity contribution < 1.29 is 0 Å². The monoisotopic (exact) mass is 175 g/mol. The molecule has 2 heterocycles. The van der Waals surface area contributed by atoms with Crippen molar-refractivity contribution in [3.05, 3.63) is 24.0 Å². The lowest BCUT2D eigenvalue weighted by molar-refractivity contribution is 0.854. The second-order valence-corrected chi connectivity index (χ2v) is 3.62. The van der Waals surface area contributed by atoms with E-state index in [4.69, 9.17) is 0 Å². The van der Waals surface area contributed by atoms with Gasteiger partial charge < -0.3 is 4.57 Å². The standard InChI is InChI=1S/C10H13N3/c1-7(2)8-6-13(3)9-4-5-11-12-10(8)9/h4-7H,1-3H3. The fourth-order valence-electron chi connectivity index (χ4n) is 1.58. The van der Waals surface area contributed by atoms with Gasteiger partial charge in [-0.15, -0.1) is 5.10 Å². The molecule has 68 valence electrons. The molecule has 0 saturated carbocycles. The average molecular weight is 175 g/mol. The van der Waals surface area contributed by atoms with Crippen LogP contribution in [-0.4, -0.2) is 14.8 Å². The van der Waals surface area contributed by atoms with E-state index >= 15 is 0 Å². The summed E-state index contributed by atoms with van der Waals surface area (Å²) in [5, 5.41) is 8.06. The van der Waals surface area contributed by atoms with Crippen molar-refractivity contribution in [2.45, 2.75) is 19.8 Å². The molecule has 0 aliphatic rings. The van der Waals surface area contributed by atoms with Crippen LogP contribution in [-0.2, 0) is 7.05 Å². The van der Waals surface area contributed by atoms with E-state index in [2.05, 4.69) is 34.8 Å². The highest BCUT2D eigenvalue weighted by molar-refractivity contribution is 5.79. The lowest BCUT2D eigenvalue weighted by Crippen LogP contribution is -1.87. The first-order valence-corrected chi connectivity index (χ1v) is 4.46. The number of hydrogen-bond donors (Lipinski definition) is 0. The van der Waals surface area contributed by atoms with Crippen LogP contribution in [0.1, 0.15) is 25.3 Å². The molecule has 0 unspecified atom stereocenters. The van der Waals surface area contributed by atoms with Gasteiger partial charge in [-0.05, 0) is 12.0 Å². The number of aromatic nitrogens is 3. The van der Waals surface area contributed by atoms with E-state index < -0.39 is 0 Å². The molecular formula is C10H13N3. The minimum absolute atomic E-state index is 0.500. The SMILES string of the molecule is CC(C)c1cn(C)c2ccnnc12. The van der Waals surface area contributed by atoms with Crippen molar-refractivity contribution >= 4 is 11.0 Å². The van der Waals surface area contributed by atoms with Gasteiger partial charge in [-0.2, -0.15) is 5.10 Å². The molecule has 0 bridgehead atoms. The van der Waals surface area contributed by atoms with Crippen molar-refractivity contribution in [3.8, 4) is 0 Å². The molecule has 0 aromatic carbocycles. The minimum atomic E-state index is 0.500. The fourth-order valence-corrected chi connectivity index (χ4v) is 1.58. The lowest BCUT2D eigenvalue weighted by Gasteiger charge is -1.99. The third-order valence-corrected chi connectivity index (χ3v) is 2.31. The van der Waals surface area contributed by atoms with E-state index in [1.165, 1.54) is 5.56 Å². The summed E-state index contributed by atoms with van der Waals surface area (Å²) in [6.45, 7) is 4.34. The van der Waals surface area contributed by atoms with Crippen LogP contribution in [0.4, 0.5) is 0 Å². The molecule has 13 heavy (non-hydrogen) atoms. The van der Waals surface area contributed by atoms with E-state index in [1.807, 2.05) is 13.1 Å². The summed E-state index contributed by atoms with van der Waals surface area (Å²) in [6.07, 6.45) is 3.86. The third kappa shape index (κ3) is 1.20. The maximum atomic E-state index is 4.15. The van der Waals surface area contributed by atoms with E-state index in [1.54, 1.807) is 6.20 Å². The first kappa shape index (κ1) is 8.23. The van der Waals surface area contributed by atoms with E-state index in [0.717, 1.165) is 11.0 Å². The molecule has 3 heteroatoms. The highest BCUT2D eigenvalue weighted by Gasteiger charge is 2.10. The van der Waals surface area contributed by atoms with Gasteiger partial charge in [0.05, 0.1) is 11.7 Å². The Labute approximate surface area is 77.4 Å². The van der Waals surface area contributed by atoms with Gasteiger partial charge in [0.1, 0.15) is 5.52 Å². The summed E-state index contributed by atoms with van der Waals surface area (Å²) < 4.78 is 2.10. The zero-order chi connectivity index (χ0) is 9.42. The zero-order valence-electron chi connectivity index (χ0n) is 8.15. The third-order valence-electron chi connectivity index (χ3n) is 2.31. The number of nitrogens with zero attached hydrogens (tertiary/aromatic N) is 3. The van der Waals surface area contributed by atoms with Crippen LogP contribution in [0.3, 0.4) is 0 Å². The van der Waals surface area contributed by atoms with Gasteiger partial charge >= 0.3 is 0 Å². The zero-order valence-corrected chi connectivity index (χ0v) is 8.15. The molecule has 0 aliphatic heterocycles. The van der Waals surface area contributed by atoms with Gasteiger partial charge in [0, 0.05) is 18.8 Å². The Bertz CT molecular complexity index is 429. The van der Waals surface area contributed by atoms with Gasteiger partial charge in [-0.3, -0.25) is 0 Å². The summed E-state index contributed by atoms with van der Waals surface area (Å²) in [7, 11) is 2.04. The molecule has 0 N–H and O–H groups in total. The Morgan fingerprint density at radius 2 is 2.15 bits per heavy atom. The number of fused-ring (bicyclic) bond motifs is 1. The molecule has 2 rings (SSSR count). The second kappa shape index (κ2) is 2.83. The van der Waals surface area contributed by atoms with Crippen molar-refractivity contribution in [3.63, 3.8) is 0 Å². The van der Waals surface area contributed by atoms with E-state index in [0.29, 0.717) is 5.92 Å². The molecule has 0 spiro atoms. The van der Waals surface area contributed by atoms with Gasteiger partial charge in [0.25, 0.3) is 0 Å². The average Bonchev–Trinajstić information content (AvgIpc) is 2.45. The van der Waals surface area contributed by atoms with Crippen molar-refractivity contribution in [2.75, 3.05) is 0 Å². The van der Waals surface area contributed by atoms with Crippen LogP contribution in [0.15, 0.2) is 18.5 Å². The van der Waals surface area contributed by atoms with Gasteiger partial charge in [-0.25, -0.2) is 0 Å². The highest BCUT2D eigenvalue weighted by Crippen LogP contribution is 2.23. The predicted molar refractivity (Wildman–Crippen MR) is 52.6 cm³/mol. The summed E-state index contributed by atoms with van der Waals surface area (Å²) in [4.78, 5) is 0. The van der Waals surface area contributed by atoms with Crippen LogP contribution in [0.2, 0.25) is 0 Å².